The number of halogens is 2. The number of oxime groups is 1. The SMILES string of the molecule is CC.CCCC(=O)[C@H](COC(C)=O)O/N=C(\C(=O)N[C@@H]1C(=O)N2C(c3nn[nH]n3)=C(C[N+]3(CCNC(=O)c4ccc(O)c(O)c4F)CCCC3)CS[C@H]12)c1nc(N)sc1Cl. The molecule has 3 atom stereocenters. The van der Waals surface area contributed by atoms with Crippen molar-refractivity contribution in [3.05, 3.63) is 44.9 Å². The van der Waals surface area contributed by atoms with E-state index in [0.29, 0.717) is 35.4 Å². The number of thiazole rings is 1. The van der Waals surface area contributed by atoms with Crippen molar-refractivity contribution >= 4 is 80.7 Å². The number of tetrazole rings is 1. The third-order valence-corrected chi connectivity index (χ3v) is 12.2. The van der Waals surface area contributed by atoms with Gasteiger partial charge in [0.25, 0.3) is 17.7 Å². The lowest BCUT2D eigenvalue weighted by Gasteiger charge is -2.50. The maximum atomic E-state index is 14.5. The van der Waals surface area contributed by atoms with Crippen molar-refractivity contribution in [2.45, 2.75) is 70.9 Å². The second-order valence-electron chi connectivity index (χ2n) is 13.7. The van der Waals surface area contributed by atoms with E-state index in [-0.39, 0.29) is 34.0 Å². The third kappa shape index (κ3) is 10.1. The van der Waals surface area contributed by atoms with E-state index in [9.17, 15) is 38.6 Å². The lowest BCUT2D eigenvalue weighted by atomic mass is 10.0. The number of H-pyrrole nitrogens is 1. The predicted octanol–water partition coefficient (Wildman–Crippen LogP) is 2.34. The van der Waals surface area contributed by atoms with Gasteiger partial charge in [0.05, 0.1) is 37.4 Å². The van der Waals surface area contributed by atoms with Crippen molar-refractivity contribution < 1.29 is 52.6 Å². The van der Waals surface area contributed by atoms with Crippen LogP contribution in [-0.4, -0.2) is 143 Å². The van der Waals surface area contributed by atoms with Crippen LogP contribution in [0.25, 0.3) is 5.70 Å². The number of phenols is 2. The largest absolute Gasteiger partial charge is 0.504 e. The lowest BCUT2D eigenvalue weighted by Crippen LogP contribution is -2.70. The number of Topliss-reactive ketones (excluding diaryl/α,β-unsaturated/α-hetero) is 1. The number of aromatic nitrogens is 5. The molecule has 0 bridgehead atoms. The van der Waals surface area contributed by atoms with Gasteiger partial charge in [0.2, 0.25) is 11.9 Å². The zero-order valence-corrected chi connectivity index (χ0v) is 35.6. The van der Waals surface area contributed by atoms with Gasteiger partial charge in [0.15, 0.2) is 33.9 Å². The Bertz CT molecular complexity index is 2150. The number of nitrogen functional groups attached to an aromatic ring is 1. The number of likely N-dealkylation sites (tertiary alicyclic amines) is 1. The second-order valence-corrected chi connectivity index (χ2v) is 16.4. The van der Waals surface area contributed by atoms with Gasteiger partial charge < -0.3 is 40.6 Å². The molecule has 7 N–H and O–H groups in total. The first-order valence-corrected chi connectivity index (χ1v) is 21.3. The number of aromatic hydroxyl groups is 2. The molecule has 0 saturated carbocycles. The summed E-state index contributed by atoms with van der Waals surface area (Å²) >= 11 is 8.63. The number of hydrogen-bond acceptors (Lipinski definition) is 17. The molecular formula is C36H46ClFN11O9S2+. The normalized spacial score (nSPS) is 18.7. The number of carbonyl (C=O) groups excluding carboxylic acids is 5. The van der Waals surface area contributed by atoms with E-state index in [4.69, 9.17) is 26.9 Å². The molecule has 20 nitrogen and oxygen atoms in total. The van der Waals surface area contributed by atoms with Gasteiger partial charge in [0, 0.05) is 37.5 Å². The van der Waals surface area contributed by atoms with Crippen LogP contribution in [0.5, 0.6) is 11.5 Å². The molecule has 2 saturated heterocycles. The number of anilines is 1. The Morgan fingerprint density at radius 3 is 2.58 bits per heavy atom. The number of amides is 3. The number of nitrogens with zero attached hydrogens (tertiary/aromatic N) is 7. The molecule has 5 heterocycles. The summed E-state index contributed by atoms with van der Waals surface area (Å²) in [6.45, 7) is 9.08. The van der Waals surface area contributed by atoms with Crippen LogP contribution < -0.4 is 16.4 Å². The van der Waals surface area contributed by atoms with E-state index in [2.05, 4.69) is 41.4 Å². The van der Waals surface area contributed by atoms with Crippen LogP contribution in [0.2, 0.25) is 4.34 Å². The molecule has 3 aliphatic heterocycles. The fraction of sp³-hybridized carbons (Fsp3) is 0.500. The van der Waals surface area contributed by atoms with Crippen LogP contribution in [0.3, 0.4) is 0 Å². The smallest absolute Gasteiger partial charge is 0.302 e. The summed E-state index contributed by atoms with van der Waals surface area (Å²) in [6, 6.07) is 1.05. The Balaban J connectivity index is 0.00000336. The minimum atomic E-state index is -1.34. The minimum absolute atomic E-state index is 0.00246. The Labute approximate surface area is 356 Å². The van der Waals surface area contributed by atoms with Crippen LogP contribution in [0.4, 0.5) is 9.52 Å². The Kier molecular flexibility index (Phi) is 15.4. The zero-order valence-electron chi connectivity index (χ0n) is 33.2. The molecule has 0 radical (unpaired) electrons. The van der Waals surface area contributed by atoms with Crippen LogP contribution in [0.1, 0.15) is 75.3 Å². The van der Waals surface area contributed by atoms with E-state index in [1.165, 1.54) is 23.6 Å². The Morgan fingerprint density at radius 1 is 1.22 bits per heavy atom. The number of carbonyl (C=O) groups is 5. The standard InChI is InChI=1S/C34H39ClFN11O9S2.C2H6/c1-3-6-19(49)21(14-55-16(2)48)56-43-24(23-28(35)58-34(37)40-23)31(53)39-25-32(54)46-26(29-41-44-45-42-29)17(15-57-33(25)46)13-47(10-4-5-11-47)12-9-38-30(52)18-7-8-20(50)27(51)22(18)36;1-2/h7-8,21,25,33H,3-6,9-15H2,1-2H3,(H6-,37,38,39,40,41,42,43,44,45,50,51,52,53);1-2H3/p+1/t21-,25+,33+;/m0./s1. The van der Waals surface area contributed by atoms with Gasteiger partial charge >= 0.3 is 5.97 Å². The molecular weight excluding hydrogens is 849 g/mol. The first-order chi connectivity index (χ1) is 28.7. The molecule has 0 aliphatic carbocycles. The van der Waals surface area contributed by atoms with E-state index in [0.717, 1.165) is 55.0 Å². The summed E-state index contributed by atoms with van der Waals surface area (Å²) in [5, 5.41) is 42.5. The quantitative estimate of drug-likeness (QED) is 0.0283. The van der Waals surface area contributed by atoms with Crippen molar-refractivity contribution in [1.29, 1.82) is 0 Å². The molecule has 0 spiro atoms. The van der Waals surface area contributed by atoms with Gasteiger partial charge in [-0.3, -0.25) is 28.9 Å². The van der Waals surface area contributed by atoms with E-state index < -0.39 is 82.2 Å². The van der Waals surface area contributed by atoms with Crippen molar-refractivity contribution in [2.24, 2.45) is 5.16 Å². The number of fused-ring (bicyclic) bond motifs is 1. The molecule has 6 rings (SSSR count). The lowest BCUT2D eigenvalue weighted by molar-refractivity contribution is -0.911. The fourth-order valence-corrected chi connectivity index (χ4v) is 9.21. The molecule has 3 aromatic rings. The first-order valence-electron chi connectivity index (χ1n) is 19.1. The maximum absolute atomic E-state index is 14.5. The number of nitrogens with two attached hydrogens (primary N) is 1. The number of ketones is 1. The first kappa shape index (κ1) is 45.7. The van der Waals surface area contributed by atoms with E-state index >= 15 is 0 Å². The molecule has 60 heavy (non-hydrogen) atoms. The van der Waals surface area contributed by atoms with Crippen LogP contribution in [-0.2, 0) is 28.8 Å². The van der Waals surface area contributed by atoms with E-state index in [1.807, 2.05) is 13.8 Å². The van der Waals surface area contributed by atoms with Gasteiger partial charge in [0.1, 0.15) is 34.6 Å². The molecule has 1 aromatic carbocycles. The number of quaternary nitrogens is 1. The number of hydrogen-bond donors (Lipinski definition) is 6. The molecule has 3 aliphatic rings. The van der Waals surface area contributed by atoms with Crippen LogP contribution in [0.15, 0.2) is 22.9 Å². The topological polar surface area (TPSA) is 277 Å². The summed E-state index contributed by atoms with van der Waals surface area (Å²) in [7, 11) is 0. The number of thioether (sulfide) groups is 1. The van der Waals surface area contributed by atoms with Crippen LogP contribution in [0, 0.1) is 5.82 Å². The number of ether oxygens (including phenoxy) is 1. The van der Waals surface area contributed by atoms with Crippen LogP contribution >= 0.6 is 34.7 Å². The number of phenolic OH excluding ortho intramolecular Hbond substituents is 2. The summed E-state index contributed by atoms with van der Waals surface area (Å²) in [4.78, 5) is 76.0. The molecule has 324 valence electrons. The molecule has 2 aromatic heterocycles. The number of aromatic amines is 1. The predicted molar refractivity (Wildman–Crippen MR) is 218 cm³/mol. The van der Waals surface area contributed by atoms with Crippen molar-refractivity contribution in [3.8, 4) is 11.5 Å². The average molecular weight is 895 g/mol. The number of β-lactam (4-membered cyclic amide) rings is 1. The Morgan fingerprint density at radius 2 is 1.95 bits per heavy atom. The monoisotopic (exact) mass is 894 g/mol. The zero-order chi connectivity index (χ0) is 43.7. The fourth-order valence-electron chi connectivity index (χ4n) is 6.95. The van der Waals surface area contributed by atoms with Gasteiger partial charge in [-0.2, -0.15) is 5.21 Å². The molecule has 24 heteroatoms. The maximum Gasteiger partial charge on any atom is 0.302 e. The van der Waals surface area contributed by atoms with Gasteiger partial charge in [-0.1, -0.05) is 48.9 Å². The molecule has 0 unspecified atom stereocenters. The second kappa shape index (κ2) is 20.2. The van der Waals surface area contributed by atoms with Gasteiger partial charge in [-0.05, 0) is 23.8 Å². The third-order valence-electron chi connectivity index (χ3n) is 9.75. The number of rotatable bonds is 17. The highest BCUT2D eigenvalue weighted by Gasteiger charge is 2.55. The minimum Gasteiger partial charge on any atom is -0.504 e. The highest BCUT2D eigenvalue weighted by Crippen LogP contribution is 2.44. The summed E-state index contributed by atoms with van der Waals surface area (Å²) < 4.78 is 20.0. The van der Waals surface area contributed by atoms with Gasteiger partial charge in [-0.15, -0.1) is 22.0 Å². The van der Waals surface area contributed by atoms with Crippen molar-refractivity contribution in [3.63, 3.8) is 0 Å². The summed E-state index contributed by atoms with van der Waals surface area (Å²) in [6.07, 6.45) is 1.03. The van der Waals surface area contributed by atoms with Gasteiger partial charge in [-0.25, -0.2) is 9.37 Å². The average Bonchev–Trinajstić information content (AvgIpc) is 4.00. The Hall–Kier alpha value is -5.39. The number of benzene rings is 1. The highest BCUT2D eigenvalue weighted by atomic mass is 35.5. The number of esters is 1. The number of nitrogens with one attached hydrogen (secondary N) is 3. The highest BCUT2D eigenvalue weighted by molar-refractivity contribution is 8.00. The van der Waals surface area contributed by atoms with Crippen molar-refractivity contribution in [2.75, 3.05) is 50.8 Å². The summed E-state index contributed by atoms with van der Waals surface area (Å²) in [5.41, 5.74) is 6.10. The van der Waals surface area contributed by atoms with Crippen molar-refractivity contribution in [1.82, 2.24) is 41.1 Å². The molecule has 3 amide bonds. The molecule has 2 fully saturated rings. The summed E-state index contributed by atoms with van der Waals surface area (Å²) in [5.74, 6) is -5.56. The van der Waals surface area contributed by atoms with E-state index in [1.54, 1.807) is 6.92 Å².